The SMILES string of the molecule is CCCS(=O)(=O)CCn1cc(-c2ccc(I)cc2)cn1. The maximum Gasteiger partial charge on any atom is 0.152 e. The van der Waals surface area contributed by atoms with Crippen molar-refractivity contribution in [2.75, 3.05) is 11.5 Å². The van der Waals surface area contributed by atoms with Gasteiger partial charge in [-0.2, -0.15) is 5.10 Å². The van der Waals surface area contributed by atoms with Gasteiger partial charge >= 0.3 is 0 Å². The molecular weight excluding hydrogens is 387 g/mol. The van der Waals surface area contributed by atoms with E-state index in [2.05, 4.69) is 27.7 Å². The van der Waals surface area contributed by atoms with E-state index in [1.54, 1.807) is 10.9 Å². The predicted molar refractivity (Wildman–Crippen MR) is 89.3 cm³/mol. The Balaban J connectivity index is 2.04. The summed E-state index contributed by atoms with van der Waals surface area (Å²) in [5.41, 5.74) is 2.10. The Morgan fingerprint density at radius 3 is 2.50 bits per heavy atom. The van der Waals surface area contributed by atoms with E-state index in [4.69, 9.17) is 0 Å². The zero-order valence-corrected chi connectivity index (χ0v) is 14.3. The lowest BCUT2D eigenvalue weighted by Gasteiger charge is -2.02. The second-order valence-corrected chi connectivity index (χ2v) is 8.20. The van der Waals surface area contributed by atoms with Gasteiger partial charge in [-0.05, 0) is 46.7 Å². The molecule has 0 bridgehead atoms. The highest BCUT2D eigenvalue weighted by atomic mass is 127. The van der Waals surface area contributed by atoms with E-state index in [0.29, 0.717) is 13.0 Å². The van der Waals surface area contributed by atoms with Crippen LogP contribution in [0, 0.1) is 3.57 Å². The first-order valence-electron chi connectivity index (χ1n) is 6.49. The van der Waals surface area contributed by atoms with Crippen LogP contribution in [0.15, 0.2) is 36.7 Å². The Kier molecular flexibility index (Phi) is 5.20. The molecule has 0 N–H and O–H groups in total. The molecule has 108 valence electrons. The van der Waals surface area contributed by atoms with Gasteiger partial charge in [0, 0.05) is 21.1 Å². The molecule has 20 heavy (non-hydrogen) atoms. The number of aromatic nitrogens is 2. The molecule has 0 unspecified atom stereocenters. The summed E-state index contributed by atoms with van der Waals surface area (Å²) in [4.78, 5) is 0. The highest BCUT2D eigenvalue weighted by molar-refractivity contribution is 14.1. The maximum absolute atomic E-state index is 11.7. The molecule has 0 saturated heterocycles. The monoisotopic (exact) mass is 404 g/mol. The third-order valence-corrected chi connectivity index (χ3v) is 5.51. The van der Waals surface area contributed by atoms with Gasteiger partial charge in [-0.1, -0.05) is 19.1 Å². The van der Waals surface area contributed by atoms with E-state index >= 15 is 0 Å². The van der Waals surface area contributed by atoms with E-state index in [1.807, 2.05) is 37.4 Å². The highest BCUT2D eigenvalue weighted by Crippen LogP contribution is 2.19. The van der Waals surface area contributed by atoms with Crippen LogP contribution < -0.4 is 0 Å². The second-order valence-electron chi connectivity index (χ2n) is 4.65. The Bertz CT molecular complexity index is 663. The molecule has 2 aromatic rings. The summed E-state index contributed by atoms with van der Waals surface area (Å²) < 4.78 is 26.2. The fourth-order valence-electron chi connectivity index (χ4n) is 1.92. The summed E-state index contributed by atoms with van der Waals surface area (Å²) >= 11 is 2.26. The van der Waals surface area contributed by atoms with Crippen LogP contribution in [-0.2, 0) is 16.4 Å². The molecule has 4 nitrogen and oxygen atoms in total. The summed E-state index contributed by atoms with van der Waals surface area (Å²) in [6, 6.07) is 8.16. The van der Waals surface area contributed by atoms with E-state index in [1.165, 1.54) is 3.57 Å². The number of hydrogen-bond donors (Lipinski definition) is 0. The molecule has 1 heterocycles. The standard InChI is InChI=1S/C14H17IN2O2S/c1-2-8-20(18,19)9-7-17-11-13(10-16-17)12-3-5-14(15)6-4-12/h3-6,10-11H,2,7-9H2,1H3. The molecule has 1 aromatic carbocycles. The van der Waals surface area contributed by atoms with Crippen molar-refractivity contribution in [2.45, 2.75) is 19.9 Å². The van der Waals surface area contributed by atoms with Gasteiger partial charge in [0.15, 0.2) is 9.84 Å². The highest BCUT2D eigenvalue weighted by Gasteiger charge is 2.10. The van der Waals surface area contributed by atoms with Gasteiger partial charge < -0.3 is 0 Å². The topological polar surface area (TPSA) is 52.0 Å². The van der Waals surface area contributed by atoms with Gasteiger partial charge in [-0.15, -0.1) is 0 Å². The Morgan fingerprint density at radius 1 is 1.15 bits per heavy atom. The fourth-order valence-corrected chi connectivity index (χ4v) is 3.57. The number of sulfone groups is 1. The zero-order valence-electron chi connectivity index (χ0n) is 11.3. The molecule has 1 aromatic heterocycles. The second kappa shape index (κ2) is 6.71. The van der Waals surface area contributed by atoms with E-state index < -0.39 is 9.84 Å². The van der Waals surface area contributed by atoms with Crippen LogP contribution >= 0.6 is 22.6 Å². The Labute approximate surface area is 133 Å². The molecule has 0 atom stereocenters. The lowest BCUT2D eigenvalue weighted by Crippen LogP contribution is -2.15. The van der Waals surface area contributed by atoms with Gasteiger partial charge in [0.2, 0.25) is 0 Å². The summed E-state index contributed by atoms with van der Waals surface area (Å²) in [6.07, 6.45) is 4.33. The molecule has 6 heteroatoms. The summed E-state index contributed by atoms with van der Waals surface area (Å²) in [7, 11) is -2.95. The minimum Gasteiger partial charge on any atom is -0.271 e. The van der Waals surface area contributed by atoms with Gasteiger partial charge in [0.05, 0.1) is 18.5 Å². The molecular formula is C14H17IN2O2S. The molecule has 0 spiro atoms. The van der Waals surface area contributed by atoms with Crippen molar-refractivity contribution in [1.82, 2.24) is 9.78 Å². The molecule has 0 aliphatic heterocycles. The van der Waals surface area contributed by atoms with Crippen LogP contribution in [0.1, 0.15) is 13.3 Å². The first-order valence-corrected chi connectivity index (χ1v) is 9.39. The number of nitrogens with zero attached hydrogens (tertiary/aromatic N) is 2. The third kappa shape index (κ3) is 4.31. The van der Waals surface area contributed by atoms with Gasteiger partial charge in [-0.25, -0.2) is 8.42 Å². The quantitative estimate of drug-likeness (QED) is 0.696. The minimum absolute atomic E-state index is 0.147. The van der Waals surface area contributed by atoms with Crippen molar-refractivity contribution in [3.63, 3.8) is 0 Å². The van der Waals surface area contributed by atoms with Crippen LogP contribution in [0.2, 0.25) is 0 Å². The van der Waals surface area contributed by atoms with E-state index in [9.17, 15) is 8.42 Å². The first kappa shape index (κ1) is 15.5. The van der Waals surface area contributed by atoms with Gasteiger partial charge in [0.25, 0.3) is 0 Å². The molecule has 0 amide bonds. The van der Waals surface area contributed by atoms with Crippen molar-refractivity contribution in [2.24, 2.45) is 0 Å². The number of halogens is 1. The molecule has 0 radical (unpaired) electrons. The van der Waals surface area contributed by atoms with Crippen LogP contribution in [0.4, 0.5) is 0 Å². The van der Waals surface area contributed by atoms with Crippen LogP contribution in [0.5, 0.6) is 0 Å². The van der Waals surface area contributed by atoms with E-state index in [-0.39, 0.29) is 11.5 Å². The largest absolute Gasteiger partial charge is 0.271 e. The van der Waals surface area contributed by atoms with E-state index in [0.717, 1.165) is 11.1 Å². The smallest absolute Gasteiger partial charge is 0.152 e. The summed E-state index contributed by atoms with van der Waals surface area (Å²) in [5.74, 6) is 0.396. The van der Waals surface area contributed by atoms with Gasteiger partial charge in [-0.3, -0.25) is 4.68 Å². The average Bonchev–Trinajstić information content (AvgIpc) is 2.86. The minimum atomic E-state index is -2.95. The Hall–Kier alpha value is -0.890. The number of aryl methyl sites for hydroxylation is 1. The molecule has 0 aliphatic carbocycles. The third-order valence-electron chi connectivity index (χ3n) is 2.96. The lowest BCUT2D eigenvalue weighted by atomic mass is 10.1. The van der Waals surface area contributed by atoms with Crippen molar-refractivity contribution in [1.29, 1.82) is 0 Å². The van der Waals surface area contributed by atoms with Crippen molar-refractivity contribution in [3.05, 3.63) is 40.2 Å². The van der Waals surface area contributed by atoms with Crippen molar-refractivity contribution >= 4 is 32.4 Å². The molecule has 0 saturated carbocycles. The Morgan fingerprint density at radius 2 is 1.85 bits per heavy atom. The molecule has 0 fully saturated rings. The number of hydrogen-bond acceptors (Lipinski definition) is 3. The lowest BCUT2D eigenvalue weighted by molar-refractivity contribution is 0.579. The fraction of sp³-hybridized carbons (Fsp3) is 0.357. The van der Waals surface area contributed by atoms with Crippen LogP contribution in [0.3, 0.4) is 0 Å². The normalized spacial score (nSPS) is 11.7. The average molecular weight is 404 g/mol. The summed E-state index contributed by atoms with van der Waals surface area (Å²) in [5, 5.41) is 4.23. The molecule has 0 aliphatic rings. The first-order chi connectivity index (χ1) is 9.50. The number of rotatable bonds is 6. The maximum atomic E-state index is 11.7. The van der Waals surface area contributed by atoms with Crippen LogP contribution in [-0.4, -0.2) is 29.7 Å². The number of benzene rings is 1. The predicted octanol–water partition coefficient (Wildman–Crippen LogP) is 2.98. The molecule has 2 rings (SSSR count). The zero-order chi connectivity index (χ0) is 14.6. The van der Waals surface area contributed by atoms with Gasteiger partial charge in [0.1, 0.15) is 0 Å². The van der Waals surface area contributed by atoms with Crippen LogP contribution in [0.25, 0.3) is 11.1 Å². The van der Waals surface area contributed by atoms with Crippen molar-refractivity contribution < 1.29 is 8.42 Å². The summed E-state index contributed by atoms with van der Waals surface area (Å²) in [6.45, 7) is 2.28. The van der Waals surface area contributed by atoms with Crippen molar-refractivity contribution in [3.8, 4) is 11.1 Å².